The maximum absolute atomic E-state index is 12.8. The first-order chi connectivity index (χ1) is 12.1. The van der Waals surface area contributed by atoms with Crippen LogP contribution in [0.15, 0.2) is 41.5 Å². The van der Waals surface area contributed by atoms with Crippen molar-refractivity contribution in [2.45, 2.75) is 6.42 Å². The van der Waals surface area contributed by atoms with Crippen LogP contribution < -0.4 is 4.90 Å². The second-order valence-electron chi connectivity index (χ2n) is 7.87. The molecule has 25 heavy (non-hydrogen) atoms. The molecule has 1 heterocycles. The second kappa shape index (κ2) is 5.04. The second-order valence-corrected chi connectivity index (χ2v) is 7.87. The van der Waals surface area contributed by atoms with Gasteiger partial charge in [0.05, 0.1) is 18.1 Å². The maximum atomic E-state index is 12.8. The summed E-state index contributed by atoms with van der Waals surface area (Å²) in [7, 11) is 3.97. The van der Waals surface area contributed by atoms with Crippen LogP contribution >= 0.6 is 0 Å². The molecular weight excluding hydrogens is 314 g/mol. The van der Waals surface area contributed by atoms with Gasteiger partial charge in [-0.2, -0.15) is 10.1 Å². The van der Waals surface area contributed by atoms with Crippen LogP contribution in [0.25, 0.3) is 0 Å². The first-order valence-electron chi connectivity index (χ1n) is 8.94. The van der Waals surface area contributed by atoms with Crippen molar-refractivity contribution in [2.75, 3.05) is 19.0 Å². The minimum Gasteiger partial charge on any atom is -0.378 e. The molecule has 5 nitrogen and oxygen atoms in total. The monoisotopic (exact) mass is 335 g/mol. The van der Waals surface area contributed by atoms with Gasteiger partial charge in [-0.1, -0.05) is 24.3 Å². The summed E-state index contributed by atoms with van der Waals surface area (Å²) in [6.45, 7) is 0. The van der Waals surface area contributed by atoms with Crippen molar-refractivity contribution in [1.29, 1.82) is 0 Å². The van der Waals surface area contributed by atoms with Gasteiger partial charge in [0.25, 0.3) is 11.8 Å². The Kier molecular flexibility index (Phi) is 3.00. The van der Waals surface area contributed by atoms with E-state index in [0.717, 1.165) is 16.3 Å². The molecule has 0 unspecified atom stereocenters. The predicted molar refractivity (Wildman–Crippen MR) is 94.9 cm³/mol. The van der Waals surface area contributed by atoms with E-state index in [2.05, 4.69) is 17.3 Å². The van der Waals surface area contributed by atoms with Crippen LogP contribution in [0, 0.1) is 35.5 Å². The molecule has 1 aromatic rings. The number of allylic oxidation sites excluding steroid dienone is 2. The normalized spacial score (nSPS) is 37.6. The number of imide groups is 1. The molecule has 3 fully saturated rings. The Bertz CT molecular complexity index is 775. The smallest absolute Gasteiger partial charge is 0.254 e. The van der Waals surface area contributed by atoms with E-state index in [-0.39, 0.29) is 35.5 Å². The van der Waals surface area contributed by atoms with Gasteiger partial charge < -0.3 is 4.90 Å². The number of carbonyl (C=O) groups is 2. The molecule has 128 valence electrons. The molecule has 2 bridgehead atoms. The highest BCUT2D eigenvalue weighted by Crippen LogP contribution is 2.65. The summed E-state index contributed by atoms with van der Waals surface area (Å²) in [4.78, 5) is 27.7. The maximum Gasteiger partial charge on any atom is 0.254 e. The first kappa shape index (κ1) is 14.9. The number of anilines is 1. The SMILES string of the molecule is CN(C)c1ccc(/C=N\N2C(=O)[C@H]3[C@@H]4C=C[C@H]([C@@H]5C[C@H]45)[C@@H]3C2=O)cc1. The standard InChI is InChI=1S/C20H21N3O2/c1-22(2)12-5-3-11(4-6-12)10-21-23-19(24)17-13-7-8-14(16-9-15(13)16)18(17)20(23)25/h3-8,10,13-18H,9H2,1-2H3/b21-10-/t13-,14-,15-,16+,17+,18+/m1/s1. The van der Waals surface area contributed by atoms with Crippen LogP contribution in [-0.2, 0) is 9.59 Å². The number of benzene rings is 1. The van der Waals surface area contributed by atoms with Crippen LogP contribution in [-0.4, -0.2) is 37.1 Å². The third-order valence-electron chi connectivity index (χ3n) is 6.37. The van der Waals surface area contributed by atoms with Crippen LogP contribution in [0.2, 0.25) is 0 Å². The average molecular weight is 335 g/mol. The molecular formula is C20H21N3O2. The molecule has 1 aromatic carbocycles. The predicted octanol–water partition coefficient (Wildman–Crippen LogP) is 2.14. The Morgan fingerprint density at radius 2 is 1.56 bits per heavy atom. The van der Waals surface area contributed by atoms with Crippen molar-refractivity contribution in [3.05, 3.63) is 42.0 Å². The number of carbonyl (C=O) groups excluding carboxylic acids is 2. The number of hydrogen-bond donors (Lipinski definition) is 0. The average Bonchev–Trinajstić information content (AvgIpc) is 3.39. The fraction of sp³-hybridized carbons (Fsp3) is 0.450. The molecule has 2 amide bonds. The van der Waals surface area contributed by atoms with Gasteiger partial charge in [0.15, 0.2) is 0 Å². The molecule has 4 aliphatic carbocycles. The van der Waals surface area contributed by atoms with Crippen molar-refractivity contribution in [3.8, 4) is 0 Å². The van der Waals surface area contributed by atoms with Crippen molar-refractivity contribution in [2.24, 2.45) is 40.6 Å². The zero-order chi connectivity index (χ0) is 17.3. The van der Waals surface area contributed by atoms with Gasteiger partial charge in [0, 0.05) is 19.8 Å². The Morgan fingerprint density at radius 3 is 2.08 bits per heavy atom. The minimum atomic E-state index is -0.181. The van der Waals surface area contributed by atoms with Gasteiger partial charge in [-0.05, 0) is 47.8 Å². The summed E-state index contributed by atoms with van der Waals surface area (Å²) in [5.41, 5.74) is 1.98. The van der Waals surface area contributed by atoms with Gasteiger partial charge in [0.2, 0.25) is 0 Å². The highest BCUT2D eigenvalue weighted by atomic mass is 16.2. The molecule has 0 spiro atoms. The highest BCUT2D eigenvalue weighted by molar-refractivity contribution is 6.06. The Hall–Kier alpha value is -2.43. The highest BCUT2D eigenvalue weighted by Gasteiger charge is 2.67. The zero-order valence-electron chi connectivity index (χ0n) is 14.4. The fourth-order valence-corrected chi connectivity index (χ4v) is 5.04. The van der Waals surface area contributed by atoms with Crippen molar-refractivity contribution < 1.29 is 9.59 Å². The van der Waals surface area contributed by atoms with Crippen molar-refractivity contribution >= 4 is 23.7 Å². The third-order valence-corrected chi connectivity index (χ3v) is 6.37. The molecule has 1 saturated heterocycles. The summed E-state index contributed by atoms with van der Waals surface area (Å²) >= 11 is 0. The van der Waals surface area contributed by atoms with Gasteiger partial charge in [-0.3, -0.25) is 9.59 Å². The Labute approximate surface area is 147 Å². The van der Waals surface area contributed by atoms with E-state index in [1.807, 2.05) is 43.3 Å². The van der Waals surface area contributed by atoms with E-state index in [1.54, 1.807) is 6.21 Å². The third kappa shape index (κ3) is 2.04. The number of hydrogen-bond acceptors (Lipinski definition) is 4. The van der Waals surface area contributed by atoms with E-state index in [9.17, 15) is 9.59 Å². The lowest BCUT2D eigenvalue weighted by molar-refractivity contribution is -0.140. The van der Waals surface area contributed by atoms with E-state index in [1.165, 1.54) is 6.42 Å². The quantitative estimate of drug-likeness (QED) is 0.483. The molecule has 0 N–H and O–H groups in total. The molecule has 6 rings (SSSR count). The summed E-state index contributed by atoms with van der Waals surface area (Å²) in [6.07, 6.45) is 7.15. The van der Waals surface area contributed by atoms with E-state index >= 15 is 0 Å². The topological polar surface area (TPSA) is 53.0 Å². The van der Waals surface area contributed by atoms with Crippen LogP contribution in [0.5, 0.6) is 0 Å². The number of nitrogens with zero attached hydrogens (tertiary/aromatic N) is 3. The van der Waals surface area contributed by atoms with Crippen LogP contribution in [0.1, 0.15) is 12.0 Å². The number of rotatable bonds is 3. The molecule has 2 saturated carbocycles. The lowest BCUT2D eigenvalue weighted by atomic mass is 9.63. The first-order valence-corrected chi connectivity index (χ1v) is 8.94. The summed E-state index contributed by atoms with van der Waals surface area (Å²) in [6, 6.07) is 7.87. The van der Waals surface area contributed by atoms with Crippen LogP contribution in [0.3, 0.4) is 0 Å². The summed E-state index contributed by atoms with van der Waals surface area (Å²) in [5.74, 6) is 1.15. The molecule has 5 aliphatic rings. The summed E-state index contributed by atoms with van der Waals surface area (Å²) < 4.78 is 0. The van der Waals surface area contributed by atoms with E-state index in [0.29, 0.717) is 11.8 Å². The molecule has 0 aromatic heterocycles. The van der Waals surface area contributed by atoms with E-state index in [4.69, 9.17) is 0 Å². The summed E-state index contributed by atoms with van der Waals surface area (Å²) in [5, 5.41) is 5.39. The van der Waals surface area contributed by atoms with Crippen LogP contribution in [0.4, 0.5) is 5.69 Å². The molecule has 6 atom stereocenters. The largest absolute Gasteiger partial charge is 0.378 e. The van der Waals surface area contributed by atoms with Gasteiger partial charge in [0.1, 0.15) is 0 Å². The van der Waals surface area contributed by atoms with E-state index < -0.39 is 0 Å². The van der Waals surface area contributed by atoms with Crippen molar-refractivity contribution in [1.82, 2.24) is 5.01 Å². The lowest BCUT2D eigenvalue weighted by Crippen LogP contribution is -2.40. The zero-order valence-corrected chi connectivity index (χ0v) is 14.4. The van der Waals surface area contributed by atoms with Crippen molar-refractivity contribution in [3.63, 3.8) is 0 Å². The van der Waals surface area contributed by atoms with Gasteiger partial charge in [-0.15, -0.1) is 0 Å². The number of hydrazone groups is 1. The van der Waals surface area contributed by atoms with Gasteiger partial charge >= 0.3 is 0 Å². The lowest BCUT2D eigenvalue weighted by Gasteiger charge is -2.37. The fourth-order valence-electron chi connectivity index (χ4n) is 5.04. The minimum absolute atomic E-state index is 0.110. The number of amides is 2. The molecule has 1 aliphatic heterocycles. The Morgan fingerprint density at radius 1 is 1.00 bits per heavy atom. The molecule has 5 heteroatoms. The Balaban J connectivity index is 1.39. The molecule has 0 radical (unpaired) electrons. The van der Waals surface area contributed by atoms with Gasteiger partial charge in [-0.25, -0.2) is 0 Å².